The predicted molar refractivity (Wildman–Crippen MR) is 100 cm³/mol. The molecule has 2 aliphatic rings. The zero-order chi connectivity index (χ0) is 16.5. The van der Waals surface area contributed by atoms with Crippen LogP contribution in [-0.4, -0.2) is 42.1 Å². The average Bonchev–Trinajstić information content (AvgIpc) is 2.92. The molecular formula is C20H28N4. The van der Waals surface area contributed by atoms with Gasteiger partial charge in [-0.1, -0.05) is 25.1 Å². The van der Waals surface area contributed by atoms with E-state index in [0.717, 1.165) is 38.2 Å². The molecule has 2 aromatic rings. The lowest BCUT2D eigenvalue weighted by molar-refractivity contribution is 0.318. The normalized spacial score (nSPS) is 25.5. The maximum absolute atomic E-state index is 6.23. The summed E-state index contributed by atoms with van der Waals surface area (Å²) in [5.41, 5.74) is 8.69. The highest BCUT2D eigenvalue weighted by atomic mass is 15.2. The number of rotatable bonds is 3. The Balaban J connectivity index is 1.68. The van der Waals surface area contributed by atoms with Gasteiger partial charge in [-0.05, 0) is 37.3 Å². The summed E-state index contributed by atoms with van der Waals surface area (Å²) in [6.45, 7) is 7.57. The third kappa shape index (κ3) is 3.13. The summed E-state index contributed by atoms with van der Waals surface area (Å²) in [7, 11) is 0. The molecule has 0 saturated carbocycles. The first-order valence-corrected chi connectivity index (χ1v) is 9.32. The zero-order valence-electron chi connectivity index (χ0n) is 14.6. The minimum absolute atomic E-state index is 0.303. The number of nitrogens with two attached hydrogens (primary N) is 1. The largest absolute Gasteiger partial charge is 0.356 e. The summed E-state index contributed by atoms with van der Waals surface area (Å²) in [6.07, 6.45) is 3.90. The van der Waals surface area contributed by atoms with E-state index < -0.39 is 0 Å². The fraction of sp³-hybridized carbons (Fsp3) is 0.550. The Labute approximate surface area is 144 Å². The van der Waals surface area contributed by atoms with Crippen molar-refractivity contribution in [3.05, 3.63) is 35.9 Å². The van der Waals surface area contributed by atoms with Gasteiger partial charge in [0.25, 0.3) is 0 Å². The molecule has 0 bridgehead atoms. The van der Waals surface area contributed by atoms with Crippen molar-refractivity contribution in [2.45, 2.75) is 38.8 Å². The Morgan fingerprint density at radius 2 is 1.92 bits per heavy atom. The second-order valence-corrected chi connectivity index (χ2v) is 7.55. The monoisotopic (exact) mass is 324 g/mol. The van der Waals surface area contributed by atoms with Crippen LogP contribution in [0.3, 0.4) is 0 Å². The SMILES string of the molecule is CC1CN(Cc2cc3ccccc3nc2N2CCCCC2)CC1N. The van der Waals surface area contributed by atoms with Gasteiger partial charge in [0.1, 0.15) is 5.82 Å². The van der Waals surface area contributed by atoms with Gasteiger partial charge in [-0.2, -0.15) is 0 Å². The van der Waals surface area contributed by atoms with Crippen molar-refractivity contribution in [1.29, 1.82) is 0 Å². The molecule has 3 heterocycles. The summed E-state index contributed by atoms with van der Waals surface area (Å²) in [5, 5.41) is 1.24. The summed E-state index contributed by atoms with van der Waals surface area (Å²) < 4.78 is 0. The van der Waals surface area contributed by atoms with Crippen LogP contribution in [0.4, 0.5) is 5.82 Å². The van der Waals surface area contributed by atoms with Gasteiger partial charge in [0.05, 0.1) is 5.52 Å². The number of fused-ring (bicyclic) bond motifs is 1. The average molecular weight is 324 g/mol. The maximum atomic E-state index is 6.23. The van der Waals surface area contributed by atoms with E-state index in [-0.39, 0.29) is 0 Å². The number of aromatic nitrogens is 1. The Morgan fingerprint density at radius 1 is 1.12 bits per heavy atom. The molecule has 4 heteroatoms. The van der Waals surface area contributed by atoms with E-state index in [1.807, 2.05) is 0 Å². The molecule has 1 aromatic carbocycles. The molecule has 4 nitrogen and oxygen atoms in total. The fourth-order valence-corrected chi connectivity index (χ4v) is 4.11. The smallest absolute Gasteiger partial charge is 0.133 e. The number of pyridine rings is 1. The van der Waals surface area contributed by atoms with E-state index in [1.165, 1.54) is 36.0 Å². The molecule has 2 N–H and O–H groups in total. The van der Waals surface area contributed by atoms with E-state index in [0.29, 0.717) is 12.0 Å². The third-order valence-corrected chi connectivity index (χ3v) is 5.58. The lowest BCUT2D eigenvalue weighted by Gasteiger charge is -2.30. The first-order valence-electron chi connectivity index (χ1n) is 9.32. The molecule has 128 valence electrons. The molecule has 2 fully saturated rings. The van der Waals surface area contributed by atoms with Gasteiger partial charge in [-0.15, -0.1) is 0 Å². The van der Waals surface area contributed by atoms with Crippen LogP contribution in [0.15, 0.2) is 30.3 Å². The van der Waals surface area contributed by atoms with Crippen LogP contribution in [0.1, 0.15) is 31.7 Å². The van der Waals surface area contributed by atoms with Gasteiger partial charge in [0.15, 0.2) is 0 Å². The molecule has 0 radical (unpaired) electrons. The molecule has 4 rings (SSSR count). The molecule has 2 aliphatic heterocycles. The van der Waals surface area contributed by atoms with E-state index in [4.69, 9.17) is 10.7 Å². The zero-order valence-corrected chi connectivity index (χ0v) is 14.6. The molecule has 2 saturated heterocycles. The first kappa shape index (κ1) is 15.9. The summed E-state index contributed by atoms with van der Waals surface area (Å²) in [6, 6.07) is 11.1. The van der Waals surface area contributed by atoms with E-state index in [9.17, 15) is 0 Å². The number of nitrogens with zero attached hydrogens (tertiary/aromatic N) is 3. The Morgan fingerprint density at radius 3 is 2.67 bits per heavy atom. The van der Waals surface area contributed by atoms with Gasteiger partial charge < -0.3 is 10.6 Å². The van der Waals surface area contributed by atoms with Gasteiger partial charge in [-0.3, -0.25) is 4.90 Å². The van der Waals surface area contributed by atoms with Crippen molar-refractivity contribution in [3.63, 3.8) is 0 Å². The minimum Gasteiger partial charge on any atom is -0.356 e. The number of hydrogen-bond acceptors (Lipinski definition) is 4. The van der Waals surface area contributed by atoms with Crippen molar-refractivity contribution < 1.29 is 0 Å². The number of likely N-dealkylation sites (tertiary alicyclic amines) is 1. The summed E-state index contributed by atoms with van der Waals surface area (Å²) >= 11 is 0. The second kappa shape index (κ2) is 6.69. The second-order valence-electron chi connectivity index (χ2n) is 7.55. The van der Waals surface area contributed by atoms with Crippen molar-refractivity contribution >= 4 is 16.7 Å². The van der Waals surface area contributed by atoms with Crippen LogP contribution in [0.2, 0.25) is 0 Å². The fourth-order valence-electron chi connectivity index (χ4n) is 4.11. The maximum Gasteiger partial charge on any atom is 0.133 e. The first-order chi connectivity index (χ1) is 11.7. The minimum atomic E-state index is 0.303. The molecule has 0 amide bonds. The van der Waals surface area contributed by atoms with Crippen molar-refractivity contribution in [2.75, 3.05) is 31.1 Å². The van der Waals surface area contributed by atoms with Gasteiger partial charge in [0.2, 0.25) is 0 Å². The van der Waals surface area contributed by atoms with Crippen LogP contribution in [0, 0.1) is 5.92 Å². The molecule has 0 spiro atoms. The van der Waals surface area contributed by atoms with Gasteiger partial charge in [-0.25, -0.2) is 4.98 Å². The van der Waals surface area contributed by atoms with Gasteiger partial charge in [0, 0.05) is 49.7 Å². The highest BCUT2D eigenvalue weighted by Gasteiger charge is 2.28. The molecular weight excluding hydrogens is 296 g/mol. The number of para-hydroxylation sites is 1. The highest BCUT2D eigenvalue weighted by Crippen LogP contribution is 2.28. The van der Waals surface area contributed by atoms with Crippen molar-refractivity contribution in [3.8, 4) is 0 Å². The topological polar surface area (TPSA) is 45.4 Å². The Hall–Kier alpha value is -1.65. The molecule has 0 aliphatic carbocycles. The van der Waals surface area contributed by atoms with E-state index in [2.05, 4.69) is 47.1 Å². The van der Waals surface area contributed by atoms with Crippen molar-refractivity contribution in [2.24, 2.45) is 11.7 Å². The molecule has 1 aromatic heterocycles. The summed E-state index contributed by atoms with van der Waals surface area (Å²) in [4.78, 5) is 10.0. The predicted octanol–water partition coefficient (Wildman–Crippen LogP) is 3.00. The van der Waals surface area contributed by atoms with Crippen LogP contribution in [0.25, 0.3) is 10.9 Å². The third-order valence-electron chi connectivity index (χ3n) is 5.58. The number of anilines is 1. The molecule has 24 heavy (non-hydrogen) atoms. The standard InChI is InChI=1S/C20H28N4/c1-15-12-23(14-18(15)21)13-17-11-16-7-3-4-8-19(16)22-20(17)24-9-5-2-6-10-24/h3-4,7-8,11,15,18H,2,5-6,9-10,12-14,21H2,1H3. The van der Waals surface area contributed by atoms with E-state index >= 15 is 0 Å². The molecule has 2 atom stereocenters. The van der Waals surface area contributed by atoms with Crippen LogP contribution < -0.4 is 10.6 Å². The van der Waals surface area contributed by atoms with E-state index in [1.54, 1.807) is 0 Å². The van der Waals surface area contributed by atoms with Crippen LogP contribution in [0.5, 0.6) is 0 Å². The lowest BCUT2D eigenvalue weighted by atomic mass is 10.1. The highest BCUT2D eigenvalue weighted by molar-refractivity contribution is 5.81. The van der Waals surface area contributed by atoms with Crippen LogP contribution in [-0.2, 0) is 6.54 Å². The Bertz CT molecular complexity index is 698. The molecule has 2 unspecified atom stereocenters. The number of hydrogen-bond donors (Lipinski definition) is 1. The Kier molecular flexibility index (Phi) is 4.42. The van der Waals surface area contributed by atoms with Gasteiger partial charge >= 0.3 is 0 Å². The van der Waals surface area contributed by atoms with Crippen molar-refractivity contribution in [1.82, 2.24) is 9.88 Å². The van der Waals surface area contributed by atoms with Crippen LogP contribution >= 0.6 is 0 Å². The summed E-state index contributed by atoms with van der Waals surface area (Å²) in [5.74, 6) is 1.78. The lowest BCUT2D eigenvalue weighted by Crippen LogP contribution is -2.32. The quantitative estimate of drug-likeness (QED) is 0.943. The number of benzene rings is 1. The number of piperidine rings is 1.